The third kappa shape index (κ3) is 1.27. The van der Waals surface area contributed by atoms with E-state index in [1.807, 2.05) is 19.1 Å². The van der Waals surface area contributed by atoms with Gasteiger partial charge >= 0.3 is 0 Å². The maximum absolute atomic E-state index is 9.61. The predicted octanol–water partition coefficient (Wildman–Crippen LogP) is 1.55. The standard InChI is InChI=1S/C8H12OS/c1-6-4-3-5-8(2,9)7(6)10/h3-5,7,9-10H,1-2H3. The van der Waals surface area contributed by atoms with Gasteiger partial charge in [-0.25, -0.2) is 0 Å². The molecule has 2 unspecified atom stereocenters. The van der Waals surface area contributed by atoms with Gasteiger partial charge in [-0.2, -0.15) is 12.6 Å². The Balaban J connectivity index is 2.89. The van der Waals surface area contributed by atoms with Crippen LogP contribution in [0.15, 0.2) is 23.8 Å². The van der Waals surface area contributed by atoms with E-state index < -0.39 is 5.60 Å². The largest absolute Gasteiger partial charge is 0.385 e. The maximum atomic E-state index is 9.61. The number of rotatable bonds is 0. The molecule has 0 aromatic carbocycles. The highest BCUT2D eigenvalue weighted by Crippen LogP contribution is 2.27. The summed E-state index contributed by atoms with van der Waals surface area (Å²) in [5, 5.41) is 9.55. The third-order valence-electron chi connectivity index (χ3n) is 1.78. The molecule has 1 N–H and O–H groups in total. The van der Waals surface area contributed by atoms with E-state index in [4.69, 9.17) is 0 Å². The molecule has 0 saturated heterocycles. The van der Waals surface area contributed by atoms with Gasteiger partial charge in [0, 0.05) is 0 Å². The van der Waals surface area contributed by atoms with E-state index in [9.17, 15) is 5.11 Å². The summed E-state index contributed by atoms with van der Waals surface area (Å²) in [4.78, 5) is 0. The quantitative estimate of drug-likeness (QED) is 0.510. The van der Waals surface area contributed by atoms with E-state index >= 15 is 0 Å². The fourth-order valence-corrected chi connectivity index (χ4v) is 1.21. The number of hydrogen-bond acceptors (Lipinski definition) is 2. The van der Waals surface area contributed by atoms with E-state index in [2.05, 4.69) is 12.6 Å². The van der Waals surface area contributed by atoms with E-state index in [1.54, 1.807) is 13.0 Å². The van der Waals surface area contributed by atoms with Crippen LogP contribution < -0.4 is 0 Å². The summed E-state index contributed by atoms with van der Waals surface area (Å²) in [6.45, 7) is 3.73. The van der Waals surface area contributed by atoms with Crippen molar-refractivity contribution in [3.8, 4) is 0 Å². The molecule has 0 bridgehead atoms. The Morgan fingerprint density at radius 2 is 2.30 bits per heavy atom. The van der Waals surface area contributed by atoms with E-state index in [-0.39, 0.29) is 5.25 Å². The van der Waals surface area contributed by atoms with Crippen LogP contribution in [0.5, 0.6) is 0 Å². The first-order valence-electron chi connectivity index (χ1n) is 3.30. The second-order valence-corrected chi connectivity index (χ2v) is 3.41. The summed E-state index contributed by atoms with van der Waals surface area (Å²) < 4.78 is 0. The Bertz CT molecular complexity index is 191. The van der Waals surface area contributed by atoms with Crippen molar-refractivity contribution in [2.45, 2.75) is 24.7 Å². The van der Waals surface area contributed by atoms with Crippen molar-refractivity contribution in [1.82, 2.24) is 0 Å². The van der Waals surface area contributed by atoms with Gasteiger partial charge in [-0.15, -0.1) is 0 Å². The van der Waals surface area contributed by atoms with Crippen LogP contribution in [-0.2, 0) is 0 Å². The zero-order chi connectivity index (χ0) is 7.78. The molecule has 0 aliphatic heterocycles. The lowest BCUT2D eigenvalue weighted by atomic mass is 9.92. The molecule has 2 atom stereocenters. The minimum absolute atomic E-state index is 0.0579. The van der Waals surface area contributed by atoms with Crippen molar-refractivity contribution in [2.24, 2.45) is 0 Å². The van der Waals surface area contributed by atoms with Crippen LogP contribution in [0.4, 0.5) is 0 Å². The van der Waals surface area contributed by atoms with Crippen molar-refractivity contribution in [2.75, 3.05) is 0 Å². The Labute approximate surface area is 66.9 Å². The van der Waals surface area contributed by atoms with Gasteiger partial charge < -0.3 is 5.11 Å². The fourth-order valence-electron chi connectivity index (χ4n) is 1.04. The first-order chi connectivity index (χ1) is 4.54. The molecular formula is C8H12OS. The molecule has 2 heteroatoms. The lowest BCUT2D eigenvalue weighted by Crippen LogP contribution is -2.35. The van der Waals surface area contributed by atoms with E-state index in [0.717, 1.165) is 5.57 Å². The molecule has 0 aromatic rings. The van der Waals surface area contributed by atoms with Crippen LogP contribution in [0, 0.1) is 0 Å². The van der Waals surface area contributed by atoms with Crippen LogP contribution in [0.2, 0.25) is 0 Å². The molecule has 0 radical (unpaired) electrons. The second-order valence-electron chi connectivity index (χ2n) is 2.90. The van der Waals surface area contributed by atoms with Crippen molar-refractivity contribution in [3.05, 3.63) is 23.8 Å². The van der Waals surface area contributed by atoms with Crippen molar-refractivity contribution in [3.63, 3.8) is 0 Å². The van der Waals surface area contributed by atoms with Gasteiger partial charge in [-0.3, -0.25) is 0 Å². The van der Waals surface area contributed by atoms with Crippen LogP contribution in [0.25, 0.3) is 0 Å². The molecule has 0 spiro atoms. The SMILES string of the molecule is CC1=CC=CC(C)(O)C1S. The Hall–Kier alpha value is -0.210. The summed E-state index contributed by atoms with van der Waals surface area (Å²) in [6, 6.07) is 0. The summed E-state index contributed by atoms with van der Waals surface area (Å²) in [7, 11) is 0. The zero-order valence-electron chi connectivity index (χ0n) is 6.20. The highest BCUT2D eigenvalue weighted by molar-refractivity contribution is 7.81. The number of hydrogen-bond donors (Lipinski definition) is 2. The molecule has 0 amide bonds. The Morgan fingerprint density at radius 1 is 1.70 bits per heavy atom. The first kappa shape index (κ1) is 7.89. The van der Waals surface area contributed by atoms with Crippen LogP contribution in [0.1, 0.15) is 13.8 Å². The smallest absolute Gasteiger partial charge is 0.0955 e. The minimum atomic E-state index is -0.776. The molecule has 0 fully saturated rings. The lowest BCUT2D eigenvalue weighted by molar-refractivity contribution is 0.117. The lowest BCUT2D eigenvalue weighted by Gasteiger charge is -2.29. The van der Waals surface area contributed by atoms with Gasteiger partial charge in [0.2, 0.25) is 0 Å². The van der Waals surface area contributed by atoms with Crippen molar-refractivity contribution >= 4 is 12.6 Å². The second kappa shape index (κ2) is 2.44. The molecule has 1 aliphatic rings. The molecule has 0 heterocycles. The average molecular weight is 156 g/mol. The van der Waals surface area contributed by atoms with Crippen molar-refractivity contribution in [1.29, 1.82) is 0 Å². The third-order valence-corrected chi connectivity index (χ3v) is 2.71. The molecule has 56 valence electrons. The molecule has 1 rings (SSSR count). The number of aliphatic hydroxyl groups is 1. The summed E-state index contributed by atoms with van der Waals surface area (Å²) in [6.07, 6.45) is 5.59. The normalized spacial score (nSPS) is 39.6. The first-order valence-corrected chi connectivity index (χ1v) is 3.82. The van der Waals surface area contributed by atoms with E-state index in [1.165, 1.54) is 0 Å². The summed E-state index contributed by atoms with van der Waals surface area (Å²) in [5.74, 6) is 0. The molecule has 10 heavy (non-hydrogen) atoms. The monoisotopic (exact) mass is 156 g/mol. The molecular weight excluding hydrogens is 144 g/mol. The predicted molar refractivity (Wildman–Crippen MR) is 46.3 cm³/mol. The molecule has 1 aliphatic carbocycles. The highest BCUT2D eigenvalue weighted by Gasteiger charge is 2.28. The van der Waals surface area contributed by atoms with Gasteiger partial charge in [-0.05, 0) is 13.8 Å². The topological polar surface area (TPSA) is 20.2 Å². The van der Waals surface area contributed by atoms with Gasteiger partial charge in [0.1, 0.15) is 0 Å². The minimum Gasteiger partial charge on any atom is -0.385 e. The maximum Gasteiger partial charge on any atom is 0.0955 e. The van der Waals surface area contributed by atoms with E-state index in [0.29, 0.717) is 0 Å². The van der Waals surface area contributed by atoms with Gasteiger partial charge in [0.15, 0.2) is 0 Å². The van der Waals surface area contributed by atoms with Gasteiger partial charge in [0.05, 0.1) is 10.9 Å². The van der Waals surface area contributed by atoms with Crippen LogP contribution >= 0.6 is 12.6 Å². The Kier molecular flexibility index (Phi) is 1.92. The highest BCUT2D eigenvalue weighted by atomic mass is 32.1. The fraction of sp³-hybridized carbons (Fsp3) is 0.500. The van der Waals surface area contributed by atoms with Gasteiger partial charge in [0.25, 0.3) is 0 Å². The molecule has 0 aromatic heterocycles. The molecule has 0 saturated carbocycles. The van der Waals surface area contributed by atoms with Crippen LogP contribution in [0.3, 0.4) is 0 Å². The van der Waals surface area contributed by atoms with Crippen LogP contribution in [-0.4, -0.2) is 16.0 Å². The Morgan fingerprint density at radius 3 is 2.70 bits per heavy atom. The number of thiol groups is 1. The summed E-state index contributed by atoms with van der Waals surface area (Å²) in [5.41, 5.74) is 0.331. The summed E-state index contributed by atoms with van der Waals surface area (Å²) >= 11 is 4.27. The van der Waals surface area contributed by atoms with Gasteiger partial charge in [-0.1, -0.05) is 23.8 Å². The van der Waals surface area contributed by atoms with Crippen molar-refractivity contribution < 1.29 is 5.11 Å². The zero-order valence-corrected chi connectivity index (χ0v) is 7.10. The average Bonchev–Trinajstić information content (AvgIpc) is 1.83. The number of allylic oxidation sites excluding steroid dienone is 2. The molecule has 1 nitrogen and oxygen atoms in total.